The Bertz CT molecular complexity index is 1210. The van der Waals surface area contributed by atoms with Crippen molar-refractivity contribution < 1.29 is 33.1 Å². The number of anilines is 1. The number of hydrogen-bond acceptors (Lipinski definition) is 5. The number of phenolic OH excluding ortho intramolecular Hbond substituents is 1. The molecule has 33 heavy (non-hydrogen) atoms. The van der Waals surface area contributed by atoms with Gasteiger partial charge in [0.25, 0.3) is 5.91 Å². The quantitative estimate of drug-likeness (QED) is 0.502. The Morgan fingerprint density at radius 1 is 1.21 bits per heavy atom. The number of fused-ring (bicyclic) bond motifs is 1. The van der Waals surface area contributed by atoms with Crippen LogP contribution in [0.25, 0.3) is 0 Å². The number of aromatic hydroxyl groups is 1. The van der Waals surface area contributed by atoms with E-state index in [1.54, 1.807) is 0 Å². The molecule has 1 atom stereocenters. The molecule has 2 aromatic rings. The summed E-state index contributed by atoms with van der Waals surface area (Å²) in [4.78, 5) is 49.5. The van der Waals surface area contributed by atoms with E-state index in [0.717, 1.165) is 18.2 Å². The van der Waals surface area contributed by atoms with E-state index in [-0.39, 0.29) is 47.8 Å². The molecule has 2 heterocycles. The molecule has 1 saturated heterocycles. The minimum absolute atomic E-state index is 0.000832. The lowest BCUT2D eigenvalue weighted by atomic mass is 10.0. The summed E-state index contributed by atoms with van der Waals surface area (Å²) >= 11 is 5.73. The minimum atomic E-state index is -1.08. The molecule has 0 saturated carbocycles. The molecule has 0 aromatic heterocycles. The number of nitrogens with one attached hydrogen (secondary N) is 3. The predicted octanol–water partition coefficient (Wildman–Crippen LogP) is 2.41. The van der Waals surface area contributed by atoms with Crippen LogP contribution < -0.4 is 16.0 Å². The van der Waals surface area contributed by atoms with Gasteiger partial charge in [-0.05, 0) is 30.2 Å². The van der Waals surface area contributed by atoms with Gasteiger partial charge in [-0.2, -0.15) is 0 Å². The summed E-state index contributed by atoms with van der Waals surface area (Å²) in [5, 5.41) is 16.2. The van der Waals surface area contributed by atoms with Crippen molar-refractivity contribution >= 4 is 41.0 Å². The fourth-order valence-electron chi connectivity index (χ4n) is 3.78. The number of urea groups is 1. The van der Waals surface area contributed by atoms with E-state index in [4.69, 9.17) is 11.6 Å². The fourth-order valence-corrected chi connectivity index (χ4v) is 4.00. The average Bonchev–Trinajstić information content (AvgIpc) is 3.05. The number of piperidine rings is 1. The van der Waals surface area contributed by atoms with Crippen LogP contribution in [0, 0.1) is 11.6 Å². The van der Waals surface area contributed by atoms with Crippen LogP contribution in [0.4, 0.5) is 19.3 Å². The van der Waals surface area contributed by atoms with Gasteiger partial charge in [-0.15, -0.1) is 0 Å². The van der Waals surface area contributed by atoms with Gasteiger partial charge in [-0.3, -0.25) is 19.7 Å². The highest BCUT2D eigenvalue weighted by Gasteiger charge is 2.39. The normalized spacial score (nSPS) is 17.6. The van der Waals surface area contributed by atoms with Gasteiger partial charge in [0.1, 0.15) is 11.9 Å². The van der Waals surface area contributed by atoms with Gasteiger partial charge in [-0.1, -0.05) is 11.6 Å². The highest BCUT2D eigenvalue weighted by Crippen LogP contribution is 2.30. The minimum Gasteiger partial charge on any atom is -0.505 e. The Kier molecular flexibility index (Phi) is 5.90. The van der Waals surface area contributed by atoms with Crippen LogP contribution in [0.3, 0.4) is 0 Å². The molecule has 0 aliphatic carbocycles. The average molecular weight is 479 g/mol. The van der Waals surface area contributed by atoms with Crippen molar-refractivity contribution in [3.63, 3.8) is 0 Å². The van der Waals surface area contributed by atoms with E-state index in [9.17, 15) is 33.1 Å². The third kappa shape index (κ3) is 4.44. The molecule has 0 bridgehead atoms. The number of rotatable bonds is 4. The molecule has 2 aliphatic rings. The number of benzene rings is 2. The second kappa shape index (κ2) is 8.66. The highest BCUT2D eigenvalue weighted by atomic mass is 35.5. The van der Waals surface area contributed by atoms with E-state index < -0.39 is 47.2 Å². The summed E-state index contributed by atoms with van der Waals surface area (Å²) in [6.45, 7) is -0.237. The summed E-state index contributed by atoms with van der Waals surface area (Å²) in [5.41, 5.74) is 0.268. The molecule has 0 radical (unpaired) electrons. The first-order valence-corrected chi connectivity index (χ1v) is 10.2. The lowest BCUT2D eigenvalue weighted by Gasteiger charge is -2.29. The zero-order chi connectivity index (χ0) is 23.9. The van der Waals surface area contributed by atoms with Crippen LogP contribution in [0.2, 0.25) is 5.02 Å². The molecule has 4 N–H and O–H groups in total. The van der Waals surface area contributed by atoms with Gasteiger partial charge in [-0.25, -0.2) is 13.6 Å². The van der Waals surface area contributed by atoms with Crippen LogP contribution in [-0.4, -0.2) is 39.8 Å². The predicted molar refractivity (Wildman–Crippen MR) is 111 cm³/mol. The van der Waals surface area contributed by atoms with Crippen LogP contribution in [0.1, 0.15) is 34.3 Å². The van der Waals surface area contributed by atoms with Gasteiger partial charge in [0.2, 0.25) is 11.8 Å². The Balaban J connectivity index is 1.44. The lowest BCUT2D eigenvalue weighted by molar-refractivity contribution is -0.136. The number of carbonyl (C=O) groups excluding carboxylic acids is 4. The Hall–Kier alpha value is -3.73. The largest absolute Gasteiger partial charge is 0.505 e. The Labute approximate surface area is 190 Å². The van der Waals surface area contributed by atoms with Crippen LogP contribution in [-0.2, 0) is 22.7 Å². The molecule has 1 fully saturated rings. The van der Waals surface area contributed by atoms with Gasteiger partial charge in [0.15, 0.2) is 11.6 Å². The summed E-state index contributed by atoms with van der Waals surface area (Å²) in [6.07, 6.45) is 0.275. The summed E-state index contributed by atoms with van der Waals surface area (Å²) in [6, 6.07) is 2.80. The molecule has 2 aromatic carbocycles. The van der Waals surface area contributed by atoms with E-state index in [1.165, 1.54) is 11.0 Å². The maximum Gasteiger partial charge on any atom is 0.319 e. The zero-order valence-corrected chi connectivity index (χ0v) is 17.6. The van der Waals surface area contributed by atoms with Crippen molar-refractivity contribution in [1.82, 2.24) is 15.5 Å². The lowest BCUT2D eigenvalue weighted by Crippen LogP contribution is -2.52. The van der Waals surface area contributed by atoms with E-state index in [1.807, 2.05) is 0 Å². The molecule has 9 nitrogen and oxygen atoms in total. The number of imide groups is 1. The van der Waals surface area contributed by atoms with E-state index in [0.29, 0.717) is 5.56 Å². The van der Waals surface area contributed by atoms with Gasteiger partial charge >= 0.3 is 6.03 Å². The van der Waals surface area contributed by atoms with Crippen molar-refractivity contribution in [2.45, 2.75) is 32.0 Å². The zero-order valence-electron chi connectivity index (χ0n) is 16.9. The Morgan fingerprint density at radius 2 is 1.97 bits per heavy atom. The first-order valence-electron chi connectivity index (χ1n) is 9.83. The monoisotopic (exact) mass is 478 g/mol. The fraction of sp³-hybridized carbons (Fsp3) is 0.238. The number of amides is 5. The molecule has 12 heteroatoms. The van der Waals surface area contributed by atoms with Gasteiger partial charge in [0, 0.05) is 41.7 Å². The third-order valence-electron chi connectivity index (χ3n) is 5.40. The van der Waals surface area contributed by atoms with Crippen molar-refractivity contribution in [1.29, 1.82) is 0 Å². The topological polar surface area (TPSA) is 128 Å². The standard InChI is InChI=1S/C21H17ClF2N4O5/c22-11-4-14(18(24)16(29)5-11)26-21(33)25-7-9-3-10-8-28(20(32)12(10)6-13(9)23)15-1-2-17(30)27-19(15)31/h3-6,15,29H,1-2,7-8H2,(H2,25,26,33)(H,27,30,31). The SMILES string of the molecule is O=C1CCC(N2Cc3cc(CNC(=O)Nc4cc(Cl)cc(O)c4F)c(F)cc3C2=O)C(=O)N1. The van der Waals surface area contributed by atoms with E-state index >= 15 is 0 Å². The van der Waals surface area contributed by atoms with Crippen LogP contribution in [0.5, 0.6) is 5.75 Å². The number of hydrogen-bond donors (Lipinski definition) is 4. The Morgan fingerprint density at radius 3 is 2.70 bits per heavy atom. The van der Waals surface area contributed by atoms with E-state index in [2.05, 4.69) is 16.0 Å². The summed E-state index contributed by atoms with van der Waals surface area (Å²) < 4.78 is 28.5. The third-order valence-corrected chi connectivity index (χ3v) is 5.61. The van der Waals surface area contributed by atoms with Gasteiger partial charge < -0.3 is 20.6 Å². The summed E-state index contributed by atoms with van der Waals surface area (Å²) in [5.74, 6) is -4.08. The van der Waals surface area contributed by atoms with Crippen molar-refractivity contribution in [2.24, 2.45) is 0 Å². The maximum absolute atomic E-state index is 14.6. The van der Waals surface area contributed by atoms with Gasteiger partial charge in [0.05, 0.1) is 5.69 Å². The second-order valence-electron chi connectivity index (χ2n) is 7.59. The van der Waals surface area contributed by atoms with Crippen molar-refractivity contribution in [2.75, 3.05) is 5.32 Å². The molecule has 172 valence electrons. The highest BCUT2D eigenvalue weighted by molar-refractivity contribution is 6.31. The maximum atomic E-state index is 14.6. The first kappa shape index (κ1) is 22.5. The first-order chi connectivity index (χ1) is 15.6. The molecule has 4 rings (SSSR count). The smallest absolute Gasteiger partial charge is 0.319 e. The van der Waals surface area contributed by atoms with Crippen LogP contribution in [0.15, 0.2) is 24.3 Å². The molecule has 0 spiro atoms. The molecular formula is C21H17ClF2N4O5. The summed E-state index contributed by atoms with van der Waals surface area (Å²) in [7, 11) is 0. The number of nitrogens with zero attached hydrogens (tertiary/aromatic N) is 1. The number of phenols is 1. The molecule has 5 amide bonds. The van der Waals surface area contributed by atoms with Crippen LogP contribution >= 0.6 is 11.6 Å². The molecule has 1 unspecified atom stereocenters. The molecular weight excluding hydrogens is 462 g/mol. The van der Waals surface area contributed by atoms with Crippen molar-refractivity contribution in [3.8, 4) is 5.75 Å². The number of carbonyl (C=O) groups is 4. The molecule has 2 aliphatic heterocycles. The second-order valence-corrected chi connectivity index (χ2v) is 8.03. The number of halogens is 3. The van der Waals surface area contributed by atoms with Crippen molar-refractivity contribution in [3.05, 3.63) is 57.6 Å².